The molecule has 0 saturated carbocycles. The van der Waals surface area contributed by atoms with Crippen LogP contribution < -0.4 is 10.2 Å². The molecule has 0 bridgehead atoms. The molecule has 0 aliphatic heterocycles. The lowest BCUT2D eigenvalue weighted by Crippen LogP contribution is -2.12. The SMILES string of the molecule is CN(C)c1ccncc1NCc1c[nH]c2cc(Cl)ccc12. The van der Waals surface area contributed by atoms with E-state index in [0.717, 1.165) is 28.5 Å². The second-order valence-corrected chi connectivity index (χ2v) is 5.58. The standard InChI is InChI=1S/C16H17ClN4/c1-21(2)16-5-6-18-10-15(16)20-9-11-8-19-14-7-12(17)3-4-13(11)14/h3-8,10,19-20H,9H2,1-2H3. The maximum atomic E-state index is 6.01. The van der Waals surface area contributed by atoms with Gasteiger partial charge in [0.15, 0.2) is 0 Å². The second kappa shape index (κ2) is 5.66. The molecule has 5 heteroatoms. The minimum atomic E-state index is 0.730. The van der Waals surface area contributed by atoms with Gasteiger partial charge in [0.05, 0.1) is 17.6 Å². The summed E-state index contributed by atoms with van der Waals surface area (Å²) in [6, 6.07) is 7.89. The van der Waals surface area contributed by atoms with E-state index in [1.807, 2.05) is 50.8 Å². The van der Waals surface area contributed by atoms with Crippen LogP contribution in [-0.2, 0) is 6.54 Å². The van der Waals surface area contributed by atoms with Gasteiger partial charge in [-0.05, 0) is 23.8 Å². The number of nitrogens with zero attached hydrogens (tertiary/aromatic N) is 2. The molecule has 1 aromatic carbocycles. The number of H-pyrrole nitrogens is 1. The van der Waals surface area contributed by atoms with Crippen molar-refractivity contribution in [2.75, 3.05) is 24.3 Å². The van der Waals surface area contributed by atoms with Crippen molar-refractivity contribution in [3.8, 4) is 0 Å². The lowest BCUT2D eigenvalue weighted by Gasteiger charge is -2.17. The van der Waals surface area contributed by atoms with Crippen LogP contribution in [0.1, 0.15) is 5.56 Å². The lowest BCUT2D eigenvalue weighted by atomic mass is 10.1. The predicted molar refractivity (Wildman–Crippen MR) is 89.2 cm³/mol. The fourth-order valence-corrected chi connectivity index (χ4v) is 2.58. The Morgan fingerprint density at radius 1 is 1.29 bits per heavy atom. The number of nitrogens with one attached hydrogen (secondary N) is 2. The van der Waals surface area contributed by atoms with Gasteiger partial charge in [-0.1, -0.05) is 17.7 Å². The number of benzene rings is 1. The average Bonchev–Trinajstić information content (AvgIpc) is 2.87. The lowest BCUT2D eigenvalue weighted by molar-refractivity contribution is 1.09. The first-order valence-corrected chi connectivity index (χ1v) is 7.13. The van der Waals surface area contributed by atoms with E-state index < -0.39 is 0 Å². The highest BCUT2D eigenvalue weighted by atomic mass is 35.5. The Morgan fingerprint density at radius 2 is 2.14 bits per heavy atom. The van der Waals surface area contributed by atoms with Gasteiger partial charge in [0.1, 0.15) is 0 Å². The minimum absolute atomic E-state index is 0.730. The Kier molecular flexibility index (Phi) is 3.71. The Labute approximate surface area is 128 Å². The molecule has 3 aromatic rings. The van der Waals surface area contributed by atoms with E-state index in [0.29, 0.717) is 0 Å². The Morgan fingerprint density at radius 3 is 2.95 bits per heavy atom. The maximum Gasteiger partial charge on any atom is 0.0766 e. The van der Waals surface area contributed by atoms with Crippen LogP contribution in [0, 0.1) is 0 Å². The molecule has 0 unspecified atom stereocenters. The van der Waals surface area contributed by atoms with Crippen LogP contribution >= 0.6 is 11.6 Å². The van der Waals surface area contributed by atoms with Gasteiger partial charge < -0.3 is 15.2 Å². The molecular weight excluding hydrogens is 284 g/mol. The Bertz CT molecular complexity index is 764. The first-order chi connectivity index (χ1) is 10.1. The summed E-state index contributed by atoms with van der Waals surface area (Å²) in [6.45, 7) is 0.730. The zero-order valence-electron chi connectivity index (χ0n) is 12.0. The van der Waals surface area contributed by atoms with Crippen LogP contribution in [0.2, 0.25) is 5.02 Å². The average molecular weight is 301 g/mol. The quantitative estimate of drug-likeness (QED) is 0.768. The molecule has 0 radical (unpaired) electrons. The molecule has 3 rings (SSSR count). The van der Waals surface area contributed by atoms with Gasteiger partial charge in [-0.2, -0.15) is 0 Å². The van der Waals surface area contributed by atoms with Crippen LogP contribution in [0.25, 0.3) is 10.9 Å². The molecule has 0 fully saturated rings. The zero-order valence-corrected chi connectivity index (χ0v) is 12.8. The molecular formula is C16H17ClN4. The number of anilines is 2. The molecule has 0 aliphatic carbocycles. The Hall–Kier alpha value is -2.20. The fraction of sp³-hybridized carbons (Fsp3) is 0.188. The molecule has 0 aliphatic rings. The maximum absolute atomic E-state index is 6.01. The fourth-order valence-electron chi connectivity index (χ4n) is 2.41. The van der Waals surface area contributed by atoms with Crippen molar-refractivity contribution in [1.29, 1.82) is 0 Å². The summed E-state index contributed by atoms with van der Waals surface area (Å²) < 4.78 is 0. The molecule has 2 aromatic heterocycles. The summed E-state index contributed by atoms with van der Waals surface area (Å²) in [6.07, 6.45) is 5.66. The molecule has 2 heterocycles. The summed E-state index contributed by atoms with van der Waals surface area (Å²) in [5.74, 6) is 0. The van der Waals surface area contributed by atoms with Crippen molar-refractivity contribution in [2.45, 2.75) is 6.54 Å². The third kappa shape index (κ3) is 2.81. The summed E-state index contributed by atoms with van der Waals surface area (Å²) in [7, 11) is 4.04. The smallest absolute Gasteiger partial charge is 0.0766 e. The Balaban J connectivity index is 1.84. The van der Waals surface area contributed by atoms with Crippen LogP contribution in [0.3, 0.4) is 0 Å². The van der Waals surface area contributed by atoms with E-state index >= 15 is 0 Å². The van der Waals surface area contributed by atoms with Gasteiger partial charge in [-0.15, -0.1) is 0 Å². The zero-order chi connectivity index (χ0) is 14.8. The predicted octanol–water partition coefficient (Wildman–Crippen LogP) is 3.89. The number of aromatic nitrogens is 2. The van der Waals surface area contributed by atoms with E-state index in [9.17, 15) is 0 Å². The van der Waals surface area contributed by atoms with Crippen molar-refractivity contribution < 1.29 is 0 Å². The number of fused-ring (bicyclic) bond motifs is 1. The number of hydrogen-bond acceptors (Lipinski definition) is 3. The third-order valence-corrected chi connectivity index (χ3v) is 3.71. The molecule has 4 nitrogen and oxygen atoms in total. The number of halogens is 1. The molecule has 108 valence electrons. The number of aromatic amines is 1. The first-order valence-electron chi connectivity index (χ1n) is 6.76. The minimum Gasteiger partial charge on any atom is -0.378 e. The highest BCUT2D eigenvalue weighted by Crippen LogP contribution is 2.25. The summed E-state index contributed by atoms with van der Waals surface area (Å²) in [4.78, 5) is 9.51. The molecule has 0 saturated heterocycles. The highest BCUT2D eigenvalue weighted by Gasteiger charge is 2.07. The van der Waals surface area contributed by atoms with E-state index in [1.54, 1.807) is 6.20 Å². The van der Waals surface area contributed by atoms with Gasteiger partial charge in [-0.25, -0.2) is 0 Å². The van der Waals surface area contributed by atoms with Crippen molar-refractivity contribution in [3.63, 3.8) is 0 Å². The molecule has 0 amide bonds. The van der Waals surface area contributed by atoms with E-state index in [4.69, 9.17) is 11.6 Å². The van der Waals surface area contributed by atoms with Crippen molar-refractivity contribution in [1.82, 2.24) is 9.97 Å². The van der Waals surface area contributed by atoms with Crippen LogP contribution in [0.15, 0.2) is 42.9 Å². The van der Waals surface area contributed by atoms with Gasteiger partial charge in [0.2, 0.25) is 0 Å². The van der Waals surface area contributed by atoms with E-state index in [-0.39, 0.29) is 0 Å². The second-order valence-electron chi connectivity index (χ2n) is 5.14. The summed E-state index contributed by atoms with van der Waals surface area (Å²) in [5, 5.41) is 5.37. The summed E-state index contributed by atoms with van der Waals surface area (Å²) >= 11 is 6.01. The molecule has 2 N–H and O–H groups in total. The summed E-state index contributed by atoms with van der Waals surface area (Å²) in [5.41, 5.74) is 4.40. The van der Waals surface area contributed by atoms with Gasteiger partial charge >= 0.3 is 0 Å². The number of hydrogen-bond donors (Lipinski definition) is 2. The topological polar surface area (TPSA) is 44.0 Å². The molecule has 21 heavy (non-hydrogen) atoms. The van der Waals surface area contributed by atoms with Crippen molar-refractivity contribution in [2.24, 2.45) is 0 Å². The van der Waals surface area contributed by atoms with Gasteiger partial charge in [-0.3, -0.25) is 4.98 Å². The van der Waals surface area contributed by atoms with E-state index in [2.05, 4.69) is 20.2 Å². The normalized spacial score (nSPS) is 10.8. The van der Waals surface area contributed by atoms with Crippen LogP contribution in [-0.4, -0.2) is 24.1 Å². The molecule has 0 atom stereocenters. The number of rotatable bonds is 4. The van der Waals surface area contributed by atoms with Crippen molar-refractivity contribution >= 4 is 33.9 Å². The first kappa shape index (κ1) is 13.8. The van der Waals surface area contributed by atoms with Crippen LogP contribution in [0.5, 0.6) is 0 Å². The van der Waals surface area contributed by atoms with E-state index in [1.165, 1.54) is 10.9 Å². The van der Waals surface area contributed by atoms with Gasteiger partial charge in [0.25, 0.3) is 0 Å². The highest BCUT2D eigenvalue weighted by molar-refractivity contribution is 6.31. The van der Waals surface area contributed by atoms with Crippen LogP contribution in [0.4, 0.5) is 11.4 Å². The van der Waals surface area contributed by atoms with Crippen molar-refractivity contribution in [3.05, 3.63) is 53.4 Å². The molecule has 0 spiro atoms. The number of pyridine rings is 1. The third-order valence-electron chi connectivity index (χ3n) is 3.48. The van der Waals surface area contributed by atoms with Gasteiger partial charge in [0, 0.05) is 49.0 Å². The monoisotopic (exact) mass is 300 g/mol. The largest absolute Gasteiger partial charge is 0.378 e.